The lowest BCUT2D eigenvalue weighted by molar-refractivity contribution is -0.275. The third kappa shape index (κ3) is 4.74. The number of likely N-dealkylation sites (N-methyl/N-ethyl adjacent to an activating group) is 1. The number of carbonyl (C=O) groups excluding carboxylic acids is 1. The smallest absolute Gasteiger partial charge is 0.405 e. The van der Waals surface area contributed by atoms with Crippen LogP contribution in [0.5, 0.6) is 5.75 Å². The number of aromatic nitrogens is 2. The molecule has 3 rings (SSSR count). The Labute approximate surface area is 164 Å². The summed E-state index contributed by atoms with van der Waals surface area (Å²) in [6, 6.07) is 10.8. The predicted molar refractivity (Wildman–Crippen MR) is 100 cm³/mol. The Balaban J connectivity index is 1.78. The molecule has 0 fully saturated rings. The lowest BCUT2D eigenvalue weighted by atomic mass is 10.1. The van der Waals surface area contributed by atoms with Gasteiger partial charge in [-0.3, -0.25) is 14.2 Å². The molecule has 0 saturated heterocycles. The van der Waals surface area contributed by atoms with E-state index >= 15 is 0 Å². The number of benzene rings is 2. The summed E-state index contributed by atoms with van der Waals surface area (Å²) in [6.07, 6.45) is -3.54. The van der Waals surface area contributed by atoms with E-state index in [0.717, 1.165) is 5.56 Å². The summed E-state index contributed by atoms with van der Waals surface area (Å²) in [5.41, 5.74) is 1.24. The van der Waals surface area contributed by atoms with Crippen LogP contribution in [0.1, 0.15) is 11.1 Å². The largest absolute Gasteiger partial charge is 0.573 e. The van der Waals surface area contributed by atoms with E-state index < -0.39 is 12.3 Å². The third-order valence-corrected chi connectivity index (χ3v) is 4.39. The highest BCUT2D eigenvalue weighted by molar-refractivity contribution is 5.81. The second-order valence-electron chi connectivity index (χ2n) is 6.55. The number of nitrogens with zero attached hydrogens (tertiary/aromatic N) is 3. The lowest BCUT2D eigenvalue weighted by Gasteiger charge is -2.20. The fourth-order valence-corrected chi connectivity index (χ4v) is 2.92. The van der Waals surface area contributed by atoms with E-state index in [2.05, 4.69) is 9.72 Å². The first-order chi connectivity index (χ1) is 13.7. The number of hydrogen-bond donors (Lipinski definition) is 0. The highest BCUT2D eigenvalue weighted by Gasteiger charge is 2.32. The molecule has 0 N–H and O–H groups in total. The molecular formula is C20H18F3N3O3. The van der Waals surface area contributed by atoms with Crippen molar-refractivity contribution in [3.8, 4) is 5.75 Å². The molecule has 9 heteroatoms. The molecular weight excluding hydrogens is 387 g/mol. The highest BCUT2D eigenvalue weighted by Crippen LogP contribution is 2.27. The van der Waals surface area contributed by atoms with Gasteiger partial charge in [-0.15, -0.1) is 13.2 Å². The number of halogens is 3. The maximum absolute atomic E-state index is 12.6. The zero-order chi connectivity index (χ0) is 21.2. The number of rotatable bonds is 5. The minimum Gasteiger partial charge on any atom is -0.405 e. The number of alkyl halides is 3. The summed E-state index contributed by atoms with van der Waals surface area (Å²) in [5, 5.41) is 0.395. The number of fused-ring (bicyclic) bond motifs is 1. The topological polar surface area (TPSA) is 64.4 Å². The van der Waals surface area contributed by atoms with Crippen molar-refractivity contribution in [1.29, 1.82) is 0 Å². The first-order valence-electron chi connectivity index (χ1n) is 8.68. The Morgan fingerprint density at radius 3 is 2.62 bits per heavy atom. The lowest BCUT2D eigenvalue weighted by Crippen LogP contribution is -2.34. The van der Waals surface area contributed by atoms with Crippen LogP contribution >= 0.6 is 0 Å². The monoisotopic (exact) mass is 405 g/mol. The van der Waals surface area contributed by atoms with Crippen LogP contribution in [-0.4, -0.2) is 33.8 Å². The fraction of sp³-hybridized carbons (Fsp3) is 0.250. The Kier molecular flexibility index (Phi) is 5.58. The van der Waals surface area contributed by atoms with Crippen LogP contribution in [0.15, 0.2) is 53.6 Å². The summed E-state index contributed by atoms with van der Waals surface area (Å²) < 4.78 is 42.9. The Bertz CT molecular complexity index is 1110. The van der Waals surface area contributed by atoms with Gasteiger partial charge in [0.05, 0.1) is 17.2 Å². The van der Waals surface area contributed by atoms with Crippen molar-refractivity contribution in [2.45, 2.75) is 26.4 Å². The van der Waals surface area contributed by atoms with Gasteiger partial charge >= 0.3 is 6.36 Å². The maximum atomic E-state index is 12.6. The molecule has 0 unspecified atom stereocenters. The Morgan fingerprint density at radius 2 is 1.90 bits per heavy atom. The van der Waals surface area contributed by atoms with Crippen molar-refractivity contribution in [3.05, 3.63) is 70.3 Å². The van der Waals surface area contributed by atoms with Gasteiger partial charge in [0.1, 0.15) is 12.3 Å². The van der Waals surface area contributed by atoms with E-state index in [1.165, 1.54) is 41.0 Å². The minimum atomic E-state index is -4.83. The number of ether oxygens (including phenoxy) is 1. The number of carbonyl (C=O) groups is 1. The van der Waals surface area contributed by atoms with E-state index in [1.54, 1.807) is 18.2 Å². The zero-order valence-electron chi connectivity index (χ0n) is 15.7. The summed E-state index contributed by atoms with van der Waals surface area (Å²) in [4.78, 5) is 30.6. The molecule has 152 valence electrons. The van der Waals surface area contributed by atoms with Gasteiger partial charge in [-0.2, -0.15) is 0 Å². The van der Waals surface area contributed by atoms with Gasteiger partial charge in [-0.25, -0.2) is 4.98 Å². The molecule has 0 spiro atoms. The molecule has 1 amide bonds. The summed E-state index contributed by atoms with van der Waals surface area (Å²) in [6.45, 7) is 1.44. The van der Waals surface area contributed by atoms with Crippen molar-refractivity contribution >= 4 is 16.8 Å². The van der Waals surface area contributed by atoms with Crippen LogP contribution in [0.2, 0.25) is 0 Å². The SMILES string of the molecule is Cc1cccc2c(=O)n(CC(=O)N(C)Cc3ccccc3OC(F)(F)F)cnc12. The average Bonchev–Trinajstić information content (AvgIpc) is 2.65. The molecule has 0 bridgehead atoms. The molecule has 3 aromatic rings. The molecule has 0 aliphatic heterocycles. The molecule has 0 aliphatic carbocycles. The Morgan fingerprint density at radius 1 is 1.17 bits per heavy atom. The van der Waals surface area contributed by atoms with Gasteiger partial charge in [0.15, 0.2) is 0 Å². The van der Waals surface area contributed by atoms with Crippen molar-refractivity contribution < 1.29 is 22.7 Å². The molecule has 0 atom stereocenters. The molecule has 2 aromatic carbocycles. The molecule has 6 nitrogen and oxygen atoms in total. The molecule has 0 aliphatic rings. The van der Waals surface area contributed by atoms with Crippen molar-refractivity contribution in [2.75, 3.05) is 7.05 Å². The standard InChI is InChI=1S/C20H18F3N3O3/c1-13-6-5-8-15-18(13)24-12-26(19(15)28)11-17(27)25(2)10-14-7-3-4-9-16(14)29-20(21,22)23/h3-9,12H,10-11H2,1-2H3. The van der Waals surface area contributed by atoms with Crippen LogP contribution in [0.3, 0.4) is 0 Å². The number of amides is 1. The van der Waals surface area contributed by atoms with E-state index in [1.807, 2.05) is 13.0 Å². The molecule has 1 aromatic heterocycles. The second kappa shape index (κ2) is 7.94. The number of para-hydroxylation sites is 2. The first-order valence-corrected chi connectivity index (χ1v) is 8.68. The van der Waals surface area contributed by atoms with Gasteiger partial charge in [-0.1, -0.05) is 30.3 Å². The second-order valence-corrected chi connectivity index (χ2v) is 6.55. The van der Waals surface area contributed by atoms with Crippen LogP contribution < -0.4 is 10.3 Å². The van der Waals surface area contributed by atoms with Crippen LogP contribution in [0.4, 0.5) is 13.2 Å². The predicted octanol–water partition coefficient (Wildman–Crippen LogP) is 3.26. The first kappa shape index (κ1) is 20.4. The van der Waals surface area contributed by atoms with Crippen molar-refractivity contribution in [1.82, 2.24) is 14.5 Å². The Hall–Kier alpha value is -3.36. The maximum Gasteiger partial charge on any atom is 0.573 e. The van der Waals surface area contributed by atoms with E-state index in [0.29, 0.717) is 10.9 Å². The van der Waals surface area contributed by atoms with E-state index in [9.17, 15) is 22.8 Å². The third-order valence-electron chi connectivity index (χ3n) is 4.39. The quantitative estimate of drug-likeness (QED) is 0.654. The van der Waals surface area contributed by atoms with Gasteiger partial charge < -0.3 is 9.64 Å². The van der Waals surface area contributed by atoms with Crippen LogP contribution in [-0.2, 0) is 17.9 Å². The van der Waals surface area contributed by atoms with Crippen LogP contribution in [0, 0.1) is 6.92 Å². The summed E-state index contributed by atoms with van der Waals surface area (Å²) in [5.74, 6) is -0.831. The van der Waals surface area contributed by atoms with E-state index in [-0.39, 0.29) is 30.0 Å². The van der Waals surface area contributed by atoms with Crippen molar-refractivity contribution in [3.63, 3.8) is 0 Å². The highest BCUT2D eigenvalue weighted by atomic mass is 19.4. The van der Waals surface area contributed by atoms with Gasteiger partial charge in [0, 0.05) is 19.2 Å². The van der Waals surface area contributed by atoms with Gasteiger partial charge in [0.25, 0.3) is 5.56 Å². The normalized spacial score (nSPS) is 11.5. The molecule has 1 heterocycles. The number of aryl methyl sites for hydroxylation is 1. The fourth-order valence-electron chi connectivity index (χ4n) is 2.92. The molecule has 0 radical (unpaired) electrons. The summed E-state index contributed by atoms with van der Waals surface area (Å²) >= 11 is 0. The van der Waals surface area contributed by atoms with Gasteiger partial charge in [-0.05, 0) is 24.6 Å². The van der Waals surface area contributed by atoms with Crippen molar-refractivity contribution in [2.24, 2.45) is 0 Å². The minimum absolute atomic E-state index is 0.111. The molecule has 29 heavy (non-hydrogen) atoms. The summed E-state index contributed by atoms with van der Waals surface area (Å²) in [7, 11) is 1.44. The van der Waals surface area contributed by atoms with Gasteiger partial charge in [0.2, 0.25) is 5.91 Å². The van der Waals surface area contributed by atoms with E-state index in [4.69, 9.17) is 0 Å². The number of hydrogen-bond acceptors (Lipinski definition) is 4. The zero-order valence-corrected chi connectivity index (χ0v) is 15.7. The average molecular weight is 405 g/mol. The van der Waals surface area contributed by atoms with Crippen LogP contribution in [0.25, 0.3) is 10.9 Å². The molecule has 0 saturated carbocycles.